The number of amides is 2. The second kappa shape index (κ2) is 11.7. The molecule has 3 rings (SSSR count). The summed E-state index contributed by atoms with van der Waals surface area (Å²) in [5.74, 6) is 0.0262. The number of carbonyl (C=O) groups excluding carboxylic acids is 2. The van der Waals surface area contributed by atoms with E-state index in [1.165, 1.54) is 0 Å². The molecule has 0 aliphatic rings. The van der Waals surface area contributed by atoms with Gasteiger partial charge >= 0.3 is 0 Å². The van der Waals surface area contributed by atoms with E-state index in [0.717, 1.165) is 22.9 Å². The SMILES string of the molecule is CCCC(=O)Nc1ccc(Cl)c(NC(=O)c2cc(Br)ccc2OCCc2ccccc2)c1. The van der Waals surface area contributed by atoms with Crippen molar-refractivity contribution >= 4 is 50.7 Å². The van der Waals surface area contributed by atoms with Crippen LogP contribution in [0.4, 0.5) is 11.4 Å². The van der Waals surface area contributed by atoms with Crippen LogP contribution in [0.1, 0.15) is 35.7 Å². The van der Waals surface area contributed by atoms with Gasteiger partial charge in [0, 0.05) is 23.0 Å². The Labute approximate surface area is 201 Å². The lowest BCUT2D eigenvalue weighted by Gasteiger charge is -2.14. The highest BCUT2D eigenvalue weighted by Gasteiger charge is 2.16. The van der Waals surface area contributed by atoms with Crippen molar-refractivity contribution < 1.29 is 14.3 Å². The predicted molar refractivity (Wildman–Crippen MR) is 133 cm³/mol. The maximum absolute atomic E-state index is 13.1. The molecule has 0 unspecified atom stereocenters. The van der Waals surface area contributed by atoms with E-state index in [2.05, 4.69) is 26.6 Å². The van der Waals surface area contributed by atoms with E-state index in [9.17, 15) is 9.59 Å². The lowest BCUT2D eigenvalue weighted by atomic mass is 10.1. The third-order valence-corrected chi connectivity index (χ3v) is 5.48. The molecule has 0 aromatic heterocycles. The molecule has 0 saturated carbocycles. The molecule has 3 aromatic carbocycles. The predicted octanol–water partition coefficient (Wildman–Crippen LogP) is 6.71. The number of ether oxygens (including phenoxy) is 1. The lowest BCUT2D eigenvalue weighted by Crippen LogP contribution is -2.15. The molecule has 5 nitrogen and oxygen atoms in total. The van der Waals surface area contributed by atoms with E-state index in [1.54, 1.807) is 30.3 Å². The first-order chi connectivity index (χ1) is 15.5. The Balaban J connectivity index is 1.73. The first kappa shape index (κ1) is 23.8. The number of hydrogen-bond donors (Lipinski definition) is 2. The van der Waals surface area contributed by atoms with Gasteiger partial charge in [-0.2, -0.15) is 0 Å². The molecule has 32 heavy (non-hydrogen) atoms. The fourth-order valence-electron chi connectivity index (χ4n) is 3.07. The summed E-state index contributed by atoms with van der Waals surface area (Å²) in [4.78, 5) is 24.9. The average Bonchev–Trinajstić information content (AvgIpc) is 2.78. The van der Waals surface area contributed by atoms with Crippen LogP contribution in [0, 0.1) is 0 Å². The zero-order valence-electron chi connectivity index (χ0n) is 17.7. The molecule has 0 bridgehead atoms. The monoisotopic (exact) mass is 514 g/mol. The van der Waals surface area contributed by atoms with Gasteiger partial charge in [0.2, 0.25) is 5.91 Å². The summed E-state index contributed by atoms with van der Waals surface area (Å²) in [5.41, 5.74) is 2.51. The third-order valence-electron chi connectivity index (χ3n) is 4.65. The van der Waals surface area contributed by atoms with Gasteiger partial charge < -0.3 is 15.4 Å². The smallest absolute Gasteiger partial charge is 0.259 e. The Kier molecular flexibility index (Phi) is 8.71. The maximum atomic E-state index is 13.1. The van der Waals surface area contributed by atoms with E-state index in [-0.39, 0.29) is 11.8 Å². The number of hydrogen-bond acceptors (Lipinski definition) is 3. The van der Waals surface area contributed by atoms with E-state index < -0.39 is 0 Å². The third kappa shape index (κ3) is 6.84. The summed E-state index contributed by atoms with van der Waals surface area (Å²) in [6.45, 7) is 2.37. The Morgan fingerprint density at radius 3 is 2.53 bits per heavy atom. The molecule has 7 heteroatoms. The summed E-state index contributed by atoms with van der Waals surface area (Å²) in [5, 5.41) is 6.00. The number of carbonyl (C=O) groups is 2. The molecule has 2 amide bonds. The van der Waals surface area contributed by atoms with Gasteiger partial charge in [0.25, 0.3) is 5.91 Å². The standard InChI is InChI=1S/C25H24BrClN2O3/c1-2-6-24(30)28-19-10-11-21(27)22(16-19)29-25(31)20-15-18(26)9-12-23(20)32-14-13-17-7-4-3-5-8-17/h3-5,7-12,15-16H,2,6,13-14H2,1H3,(H,28,30)(H,29,31). The zero-order chi connectivity index (χ0) is 22.9. The van der Waals surface area contributed by atoms with Gasteiger partial charge in [-0.25, -0.2) is 0 Å². The molecule has 0 saturated heterocycles. The van der Waals surface area contributed by atoms with Crippen molar-refractivity contribution in [2.75, 3.05) is 17.2 Å². The first-order valence-electron chi connectivity index (χ1n) is 10.3. The van der Waals surface area contributed by atoms with Crippen LogP contribution in [-0.2, 0) is 11.2 Å². The van der Waals surface area contributed by atoms with Crippen molar-refractivity contribution in [1.29, 1.82) is 0 Å². The fourth-order valence-corrected chi connectivity index (χ4v) is 3.59. The van der Waals surface area contributed by atoms with Crippen LogP contribution in [-0.4, -0.2) is 18.4 Å². The van der Waals surface area contributed by atoms with E-state index in [4.69, 9.17) is 16.3 Å². The van der Waals surface area contributed by atoms with Crippen LogP contribution in [0.15, 0.2) is 71.2 Å². The Morgan fingerprint density at radius 2 is 1.78 bits per heavy atom. The van der Waals surface area contributed by atoms with Gasteiger partial charge in [0.15, 0.2) is 0 Å². The number of anilines is 2. The average molecular weight is 516 g/mol. The zero-order valence-corrected chi connectivity index (χ0v) is 20.0. The molecule has 0 heterocycles. The van der Waals surface area contributed by atoms with E-state index in [0.29, 0.717) is 40.7 Å². The van der Waals surface area contributed by atoms with Crippen molar-refractivity contribution in [3.63, 3.8) is 0 Å². The van der Waals surface area contributed by atoms with Crippen molar-refractivity contribution in [3.8, 4) is 5.75 Å². The normalized spacial score (nSPS) is 10.5. The summed E-state index contributed by atoms with van der Waals surface area (Å²) < 4.78 is 6.67. The van der Waals surface area contributed by atoms with Gasteiger partial charge in [-0.15, -0.1) is 0 Å². The van der Waals surface area contributed by atoms with Crippen LogP contribution < -0.4 is 15.4 Å². The van der Waals surface area contributed by atoms with Crippen molar-refractivity contribution in [1.82, 2.24) is 0 Å². The Bertz CT molecular complexity index is 1090. The van der Waals surface area contributed by atoms with Gasteiger partial charge in [-0.1, -0.05) is 64.8 Å². The largest absolute Gasteiger partial charge is 0.492 e. The first-order valence-corrected chi connectivity index (χ1v) is 11.5. The minimum Gasteiger partial charge on any atom is -0.492 e. The highest BCUT2D eigenvalue weighted by atomic mass is 79.9. The summed E-state index contributed by atoms with van der Waals surface area (Å²) in [6, 6.07) is 20.3. The summed E-state index contributed by atoms with van der Waals surface area (Å²) in [7, 11) is 0. The Morgan fingerprint density at radius 1 is 1.00 bits per heavy atom. The molecule has 0 spiro atoms. The maximum Gasteiger partial charge on any atom is 0.259 e. The Hall–Kier alpha value is -2.83. The molecule has 0 radical (unpaired) electrons. The fraction of sp³-hybridized carbons (Fsp3) is 0.200. The second-order valence-electron chi connectivity index (χ2n) is 7.17. The molecule has 2 N–H and O–H groups in total. The lowest BCUT2D eigenvalue weighted by molar-refractivity contribution is -0.116. The van der Waals surface area contributed by atoms with Gasteiger partial charge in [0.05, 0.1) is 22.9 Å². The minimum atomic E-state index is -0.361. The van der Waals surface area contributed by atoms with Gasteiger partial charge in [-0.3, -0.25) is 9.59 Å². The molecule has 0 aliphatic carbocycles. The van der Waals surface area contributed by atoms with Crippen molar-refractivity contribution in [3.05, 3.63) is 87.4 Å². The van der Waals surface area contributed by atoms with E-state index >= 15 is 0 Å². The van der Waals surface area contributed by atoms with E-state index in [1.807, 2.05) is 43.3 Å². The van der Waals surface area contributed by atoms with Crippen LogP contribution in [0.3, 0.4) is 0 Å². The topological polar surface area (TPSA) is 67.4 Å². The second-order valence-corrected chi connectivity index (χ2v) is 8.49. The molecule has 3 aromatic rings. The number of rotatable bonds is 9. The molecular weight excluding hydrogens is 492 g/mol. The highest BCUT2D eigenvalue weighted by Crippen LogP contribution is 2.29. The summed E-state index contributed by atoms with van der Waals surface area (Å²) in [6.07, 6.45) is 1.90. The molecule has 0 fully saturated rings. The van der Waals surface area contributed by atoms with Crippen molar-refractivity contribution in [2.45, 2.75) is 26.2 Å². The van der Waals surface area contributed by atoms with Crippen LogP contribution in [0.2, 0.25) is 5.02 Å². The summed E-state index contributed by atoms with van der Waals surface area (Å²) >= 11 is 9.69. The van der Waals surface area contributed by atoms with Crippen molar-refractivity contribution in [2.24, 2.45) is 0 Å². The van der Waals surface area contributed by atoms with Gasteiger partial charge in [-0.05, 0) is 48.4 Å². The van der Waals surface area contributed by atoms with Crippen LogP contribution in [0.5, 0.6) is 5.75 Å². The van der Waals surface area contributed by atoms with Crippen LogP contribution in [0.25, 0.3) is 0 Å². The molecule has 0 aliphatic heterocycles. The quantitative estimate of drug-likeness (QED) is 0.333. The minimum absolute atomic E-state index is 0.0896. The molecule has 0 atom stereocenters. The van der Waals surface area contributed by atoms with Crippen LogP contribution >= 0.6 is 27.5 Å². The molecular formula is C25H24BrClN2O3. The highest BCUT2D eigenvalue weighted by molar-refractivity contribution is 9.10. The number of benzene rings is 3. The molecule has 166 valence electrons. The van der Waals surface area contributed by atoms with Gasteiger partial charge in [0.1, 0.15) is 5.75 Å². The number of nitrogens with one attached hydrogen (secondary N) is 2. The number of halogens is 2.